The van der Waals surface area contributed by atoms with Crippen molar-refractivity contribution in [2.75, 3.05) is 12.3 Å². The van der Waals surface area contributed by atoms with Crippen LogP contribution >= 0.6 is 0 Å². The monoisotopic (exact) mass is 260 g/mol. The Kier molecular flexibility index (Phi) is 2.87. The molecule has 0 spiro atoms. The van der Waals surface area contributed by atoms with Crippen LogP contribution in [0, 0.1) is 5.92 Å². The summed E-state index contributed by atoms with van der Waals surface area (Å²) in [6.45, 7) is 0.576. The van der Waals surface area contributed by atoms with E-state index >= 15 is 0 Å². The number of nitrogens with two attached hydrogens (primary N) is 1. The maximum atomic E-state index is 12.1. The van der Waals surface area contributed by atoms with Gasteiger partial charge in [-0.1, -0.05) is 0 Å². The van der Waals surface area contributed by atoms with Crippen molar-refractivity contribution in [3.63, 3.8) is 0 Å². The van der Waals surface area contributed by atoms with Gasteiger partial charge in [0.2, 0.25) is 0 Å². The average Bonchev–Trinajstić information content (AvgIpc) is 2.75. The summed E-state index contributed by atoms with van der Waals surface area (Å²) in [5.74, 6) is 0.160. The first-order valence-corrected chi connectivity index (χ1v) is 6.33. The molecular formula is C13H16N4O2. The van der Waals surface area contributed by atoms with Crippen molar-refractivity contribution in [2.45, 2.75) is 18.9 Å². The molecule has 0 aliphatic heterocycles. The van der Waals surface area contributed by atoms with Crippen LogP contribution in [0.15, 0.2) is 18.2 Å². The van der Waals surface area contributed by atoms with E-state index in [1.165, 1.54) is 0 Å². The number of fused-ring (bicyclic) bond motifs is 1. The number of H-pyrrole nitrogens is 1. The first kappa shape index (κ1) is 12.0. The molecule has 1 aromatic heterocycles. The van der Waals surface area contributed by atoms with Gasteiger partial charge in [-0.15, -0.1) is 0 Å². The van der Waals surface area contributed by atoms with Crippen molar-refractivity contribution in [3.8, 4) is 0 Å². The number of aliphatic hydroxyl groups excluding tert-OH is 1. The van der Waals surface area contributed by atoms with Crippen LogP contribution in [-0.2, 0) is 0 Å². The van der Waals surface area contributed by atoms with Crippen molar-refractivity contribution >= 4 is 22.5 Å². The van der Waals surface area contributed by atoms with Gasteiger partial charge < -0.3 is 16.2 Å². The summed E-state index contributed by atoms with van der Waals surface area (Å²) >= 11 is 0. The molecule has 1 aliphatic rings. The summed E-state index contributed by atoms with van der Waals surface area (Å²) in [4.78, 5) is 12.1. The number of hydrogen-bond donors (Lipinski definition) is 4. The van der Waals surface area contributed by atoms with Gasteiger partial charge in [-0.2, -0.15) is 5.10 Å². The first-order chi connectivity index (χ1) is 9.13. The molecule has 0 saturated heterocycles. The van der Waals surface area contributed by atoms with Crippen LogP contribution < -0.4 is 11.1 Å². The van der Waals surface area contributed by atoms with Crippen LogP contribution in [0.3, 0.4) is 0 Å². The van der Waals surface area contributed by atoms with Gasteiger partial charge in [0.1, 0.15) is 0 Å². The molecule has 1 aromatic carbocycles. The zero-order valence-electron chi connectivity index (χ0n) is 10.4. The lowest BCUT2D eigenvalue weighted by molar-refractivity contribution is 0.0420. The van der Waals surface area contributed by atoms with E-state index in [1.807, 2.05) is 0 Å². The van der Waals surface area contributed by atoms with E-state index in [0.29, 0.717) is 23.8 Å². The van der Waals surface area contributed by atoms with Gasteiger partial charge in [0.25, 0.3) is 5.91 Å². The van der Waals surface area contributed by atoms with Crippen molar-refractivity contribution in [3.05, 3.63) is 23.9 Å². The van der Waals surface area contributed by atoms with Crippen LogP contribution in [0.4, 0.5) is 5.69 Å². The fraction of sp³-hybridized carbons (Fsp3) is 0.385. The molecule has 0 atom stereocenters. The Labute approximate surface area is 110 Å². The highest BCUT2D eigenvalue weighted by Crippen LogP contribution is 2.26. The summed E-state index contributed by atoms with van der Waals surface area (Å²) in [5.41, 5.74) is 7.47. The van der Waals surface area contributed by atoms with Gasteiger partial charge in [-0.3, -0.25) is 9.89 Å². The third-order valence-corrected chi connectivity index (χ3v) is 3.56. The van der Waals surface area contributed by atoms with Gasteiger partial charge in [0.05, 0.1) is 11.6 Å². The minimum absolute atomic E-state index is 0.201. The van der Waals surface area contributed by atoms with E-state index in [-0.39, 0.29) is 12.0 Å². The second-order valence-electron chi connectivity index (χ2n) is 5.08. The molecule has 0 bridgehead atoms. The Bertz CT molecular complexity index is 616. The van der Waals surface area contributed by atoms with E-state index < -0.39 is 0 Å². The van der Waals surface area contributed by atoms with Gasteiger partial charge >= 0.3 is 0 Å². The van der Waals surface area contributed by atoms with Gasteiger partial charge in [0, 0.05) is 17.6 Å². The van der Waals surface area contributed by atoms with E-state index in [9.17, 15) is 9.90 Å². The number of nitrogens with one attached hydrogen (secondary N) is 2. The lowest BCUT2D eigenvalue weighted by Crippen LogP contribution is -2.38. The SMILES string of the molecule is Nc1ccc2[nH]nc(C(=O)NCC3CC(O)C3)c2c1. The summed E-state index contributed by atoms with van der Waals surface area (Å²) in [7, 11) is 0. The fourth-order valence-electron chi connectivity index (χ4n) is 2.39. The lowest BCUT2D eigenvalue weighted by Gasteiger charge is -2.31. The highest BCUT2D eigenvalue weighted by atomic mass is 16.3. The van der Waals surface area contributed by atoms with Gasteiger partial charge in [-0.25, -0.2) is 0 Å². The molecule has 1 saturated carbocycles. The zero-order valence-corrected chi connectivity index (χ0v) is 10.4. The summed E-state index contributed by atoms with van der Waals surface area (Å²) in [6, 6.07) is 5.30. The Morgan fingerprint density at radius 3 is 3.05 bits per heavy atom. The maximum Gasteiger partial charge on any atom is 0.272 e. The second-order valence-corrected chi connectivity index (χ2v) is 5.08. The van der Waals surface area contributed by atoms with Gasteiger partial charge in [-0.05, 0) is 37.0 Å². The third kappa shape index (κ3) is 2.26. The van der Waals surface area contributed by atoms with E-state index in [4.69, 9.17) is 5.73 Å². The number of nitrogen functional groups attached to an aromatic ring is 1. The van der Waals surface area contributed by atoms with Crippen LogP contribution in [0.1, 0.15) is 23.3 Å². The van der Waals surface area contributed by atoms with Crippen molar-refractivity contribution < 1.29 is 9.90 Å². The number of aromatic nitrogens is 2. The second kappa shape index (κ2) is 4.55. The van der Waals surface area contributed by atoms with Crippen molar-refractivity contribution in [2.24, 2.45) is 5.92 Å². The molecule has 6 heteroatoms. The molecule has 6 nitrogen and oxygen atoms in total. The van der Waals surface area contributed by atoms with Crippen LogP contribution in [-0.4, -0.2) is 33.9 Å². The van der Waals surface area contributed by atoms with Crippen molar-refractivity contribution in [1.82, 2.24) is 15.5 Å². The summed E-state index contributed by atoms with van der Waals surface area (Å²) in [6.07, 6.45) is 1.32. The maximum absolute atomic E-state index is 12.1. The lowest BCUT2D eigenvalue weighted by atomic mass is 9.82. The average molecular weight is 260 g/mol. The molecule has 0 unspecified atom stereocenters. The first-order valence-electron chi connectivity index (χ1n) is 6.33. The third-order valence-electron chi connectivity index (χ3n) is 3.56. The molecule has 2 aromatic rings. The number of carbonyl (C=O) groups is 1. The standard InChI is InChI=1S/C13H16N4O2/c14-8-1-2-11-10(5-8)12(17-16-11)13(19)15-6-7-3-9(18)4-7/h1-2,5,7,9,18H,3-4,6,14H2,(H,15,19)(H,16,17). The Balaban J connectivity index is 1.72. The zero-order chi connectivity index (χ0) is 13.4. The molecule has 0 radical (unpaired) electrons. The number of nitrogens with zero attached hydrogens (tertiary/aromatic N) is 1. The normalized spacial score (nSPS) is 22.2. The fourth-order valence-corrected chi connectivity index (χ4v) is 2.39. The number of hydrogen-bond acceptors (Lipinski definition) is 4. The minimum Gasteiger partial charge on any atom is -0.399 e. The Hall–Kier alpha value is -2.08. The number of carbonyl (C=O) groups excluding carboxylic acids is 1. The molecule has 5 N–H and O–H groups in total. The number of aromatic amines is 1. The highest BCUT2D eigenvalue weighted by molar-refractivity contribution is 6.05. The van der Waals surface area contributed by atoms with E-state index in [2.05, 4.69) is 15.5 Å². The highest BCUT2D eigenvalue weighted by Gasteiger charge is 2.27. The molecule has 3 rings (SSSR count). The van der Waals surface area contributed by atoms with Crippen molar-refractivity contribution in [1.29, 1.82) is 0 Å². The molecule has 1 aliphatic carbocycles. The molecule has 1 amide bonds. The quantitative estimate of drug-likeness (QED) is 0.608. The van der Waals surface area contributed by atoms with E-state index in [0.717, 1.165) is 23.7 Å². The van der Waals surface area contributed by atoms with Crippen LogP contribution in [0.2, 0.25) is 0 Å². The predicted molar refractivity (Wildman–Crippen MR) is 71.6 cm³/mol. The molecule has 1 heterocycles. The molecular weight excluding hydrogens is 244 g/mol. The largest absolute Gasteiger partial charge is 0.399 e. The van der Waals surface area contributed by atoms with Crippen LogP contribution in [0.25, 0.3) is 10.9 Å². The summed E-state index contributed by atoms with van der Waals surface area (Å²) in [5, 5.41) is 19.6. The van der Waals surface area contributed by atoms with E-state index in [1.54, 1.807) is 18.2 Å². The summed E-state index contributed by atoms with van der Waals surface area (Å²) < 4.78 is 0. The molecule has 1 fully saturated rings. The van der Waals surface area contributed by atoms with Gasteiger partial charge in [0.15, 0.2) is 5.69 Å². The number of benzene rings is 1. The Morgan fingerprint density at radius 1 is 1.53 bits per heavy atom. The number of anilines is 1. The topological polar surface area (TPSA) is 104 Å². The number of aliphatic hydroxyl groups is 1. The minimum atomic E-state index is -0.210. The smallest absolute Gasteiger partial charge is 0.272 e. The molecule has 19 heavy (non-hydrogen) atoms. The number of amides is 1. The molecule has 100 valence electrons. The Morgan fingerprint density at radius 2 is 2.32 bits per heavy atom. The van der Waals surface area contributed by atoms with Crippen LogP contribution in [0.5, 0.6) is 0 Å². The predicted octanol–water partition coefficient (Wildman–Crippen LogP) is 0.646. The number of rotatable bonds is 3.